The molecule has 0 spiro atoms. The first-order chi connectivity index (χ1) is 12.1. The minimum Gasteiger partial charge on any atom is -0.493 e. The fraction of sp³-hybridized carbons (Fsp3) is 0.316. The van der Waals surface area contributed by atoms with Gasteiger partial charge in [-0.2, -0.15) is 0 Å². The Bertz CT molecular complexity index is 733. The molecule has 1 N–H and O–H groups in total. The van der Waals surface area contributed by atoms with Crippen molar-refractivity contribution in [1.82, 2.24) is 5.32 Å². The van der Waals surface area contributed by atoms with E-state index in [-0.39, 0.29) is 5.91 Å². The van der Waals surface area contributed by atoms with Crippen molar-refractivity contribution in [3.8, 4) is 11.5 Å². The summed E-state index contributed by atoms with van der Waals surface area (Å²) in [6.07, 6.45) is 0. The van der Waals surface area contributed by atoms with E-state index in [0.717, 1.165) is 11.1 Å². The van der Waals surface area contributed by atoms with Crippen LogP contribution in [0.1, 0.15) is 28.4 Å². The molecule has 0 atom stereocenters. The van der Waals surface area contributed by atoms with E-state index in [1.165, 1.54) is 7.11 Å². The van der Waals surface area contributed by atoms with E-state index in [0.29, 0.717) is 41.8 Å². The monoisotopic (exact) mass is 363 g/mol. The summed E-state index contributed by atoms with van der Waals surface area (Å²) >= 11 is 6.22. The molecular weight excluding hydrogens is 342 g/mol. The van der Waals surface area contributed by atoms with Crippen molar-refractivity contribution in [2.24, 2.45) is 0 Å². The van der Waals surface area contributed by atoms with Gasteiger partial charge in [-0.3, -0.25) is 4.79 Å². The zero-order valence-electron chi connectivity index (χ0n) is 14.6. The van der Waals surface area contributed by atoms with Gasteiger partial charge in [0.25, 0.3) is 5.91 Å². The lowest BCUT2D eigenvalue weighted by Gasteiger charge is -2.14. The summed E-state index contributed by atoms with van der Waals surface area (Å²) in [7, 11) is 3.15. The average molecular weight is 364 g/mol. The molecule has 0 aliphatic heterocycles. The first-order valence-electron chi connectivity index (χ1n) is 7.95. The first-order valence-corrected chi connectivity index (χ1v) is 8.32. The maximum absolute atomic E-state index is 12.5. The normalized spacial score (nSPS) is 10.4. The quantitative estimate of drug-likeness (QED) is 0.774. The molecule has 0 fully saturated rings. The van der Waals surface area contributed by atoms with Gasteiger partial charge in [-0.15, -0.1) is 0 Å². The number of rotatable bonds is 8. The van der Waals surface area contributed by atoms with Gasteiger partial charge in [0.15, 0.2) is 11.5 Å². The summed E-state index contributed by atoms with van der Waals surface area (Å²) in [4.78, 5) is 12.5. The molecule has 0 unspecified atom stereocenters. The van der Waals surface area contributed by atoms with E-state index >= 15 is 0 Å². The minimum atomic E-state index is -0.240. The van der Waals surface area contributed by atoms with E-state index in [9.17, 15) is 4.79 Å². The smallest absolute Gasteiger partial charge is 0.251 e. The van der Waals surface area contributed by atoms with Gasteiger partial charge < -0.3 is 19.5 Å². The summed E-state index contributed by atoms with van der Waals surface area (Å²) in [6.45, 7) is 3.20. The molecule has 0 saturated heterocycles. The molecule has 0 aromatic heterocycles. The molecule has 0 aliphatic rings. The van der Waals surface area contributed by atoms with Crippen LogP contribution < -0.4 is 14.8 Å². The molecule has 0 radical (unpaired) electrons. The second kappa shape index (κ2) is 9.30. The Morgan fingerprint density at radius 1 is 1.16 bits per heavy atom. The molecule has 0 heterocycles. The van der Waals surface area contributed by atoms with Crippen molar-refractivity contribution < 1.29 is 19.0 Å². The van der Waals surface area contributed by atoms with Gasteiger partial charge in [-0.1, -0.05) is 35.9 Å². The second-order valence-electron chi connectivity index (χ2n) is 5.31. The molecule has 0 aliphatic carbocycles. The highest BCUT2D eigenvalue weighted by molar-refractivity contribution is 6.32. The highest BCUT2D eigenvalue weighted by atomic mass is 35.5. The molecule has 6 heteroatoms. The zero-order chi connectivity index (χ0) is 18.2. The van der Waals surface area contributed by atoms with Crippen molar-refractivity contribution >= 4 is 17.5 Å². The molecule has 1 amide bonds. The summed E-state index contributed by atoms with van der Waals surface area (Å²) in [6, 6.07) is 11.0. The largest absolute Gasteiger partial charge is 0.493 e. The molecule has 2 aromatic rings. The molecular formula is C19H22ClNO4. The Morgan fingerprint density at radius 3 is 2.52 bits per heavy atom. The predicted molar refractivity (Wildman–Crippen MR) is 97.5 cm³/mol. The standard InChI is InChI=1S/C19H22ClNO4/c1-4-25-18-16(20)9-15(10-17(18)24-3)19(22)21-11-13-7-5-6-8-14(13)12-23-2/h5-10H,4,11-12H2,1-3H3,(H,21,22). The number of halogens is 1. The highest BCUT2D eigenvalue weighted by Crippen LogP contribution is 2.36. The number of ether oxygens (including phenoxy) is 3. The summed E-state index contributed by atoms with van der Waals surface area (Å²) in [5.74, 6) is 0.628. The van der Waals surface area contributed by atoms with Crippen molar-refractivity contribution in [1.29, 1.82) is 0 Å². The predicted octanol–water partition coefficient (Wildman–Crippen LogP) is 3.82. The van der Waals surface area contributed by atoms with Gasteiger partial charge in [-0.05, 0) is 30.2 Å². The van der Waals surface area contributed by atoms with Crippen molar-refractivity contribution in [3.05, 3.63) is 58.1 Å². The van der Waals surface area contributed by atoms with Gasteiger partial charge in [0.2, 0.25) is 0 Å². The van der Waals surface area contributed by atoms with E-state index in [4.69, 9.17) is 25.8 Å². The van der Waals surface area contributed by atoms with Gasteiger partial charge in [0.1, 0.15) is 0 Å². The number of nitrogens with one attached hydrogen (secondary N) is 1. The maximum Gasteiger partial charge on any atom is 0.251 e. The molecule has 0 bridgehead atoms. The van der Waals surface area contributed by atoms with Crippen LogP contribution in [0.4, 0.5) is 0 Å². The van der Waals surface area contributed by atoms with Crippen LogP contribution in [-0.4, -0.2) is 26.7 Å². The van der Waals surface area contributed by atoms with E-state index < -0.39 is 0 Å². The first kappa shape index (κ1) is 19.1. The molecule has 2 aromatic carbocycles. The third-order valence-corrected chi connectivity index (χ3v) is 3.92. The lowest BCUT2D eigenvalue weighted by molar-refractivity contribution is 0.0950. The maximum atomic E-state index is 12.5. The van der Waals surface area contributed by atoms with E-state index in [1.54, 1.807) is 19.2 Å². The van der Waals surface area contributed by atoms with E-state index in [2.05, 4.69) is 5.32 Å². The van der Waals surface area contributed by atoms with Crippen LogP contribution in [0.15, 0.2) is 36.4 Å². The number of benzene rings is 2. The number of amides is 1. The topological polar surface area (TPSA) is 56.8 Å². The van der Waals surface area contributed by atoms with Crippen LogP contribution in [0.25, 0.3) is 0 Å². The van der Waals surface area contributed by atoms with Gasteiger partial charge in [-0.25, -0.2) is 0 Å². The average Bonchev–Trinajstić information content (AvgIpc) is 2.62. The summed E-state index contributed by atoms with van der Waals surface area (Å²) in [5.41, 5.74) is 2.45. The van der Waals surface area contributed by atoms with Crippen LogP contribution in [0.2, 0.25) is 5.02 Å². The third-order valence-electron chi connectivity index (χ3n) is 3.64. The van der Waals surface area contributed by atoms with Gasteiger partial charge >= 0.3 is 0 Å². The van der Waals surface area contributed by atoms with Crippen molar-refractivity contribution in [3.63, 3.8) is 0 Å². The molecule has 134 valence electrons. The summed E-state index contributed by atoms with van der Waals surface area (Å²) in [5, 5.41) is 3.23. The Balaban J connectivity index is 2.15. The van der Waals surface area contributed by atoms with Crippen molar-refractivity contribution in [2.45, 2.75) is 20.1 Å². The number of hydrogen-bond acceptors (Lipinski definition) is 4. The minimum absolute atomic E-state index is 0.240. The van der Waals surface area contributed by atoms with Crippen LogP contribution in [0.5, 0.6) is 11.5 Å². The Kier molecular flexibility index (Phi) is 7.10. The number of methoxy groups -OCH3 is 2. The fourth-order valence-electron chi connectivity index (χ4n) is 2.44. The zero-order valence-corrected chi connectivity index (χ0v) is 15.4. The number of carbonyl (C=O) groups excluding carboxylic acids is 1. The van der Waals surface area contributed by atoms with Crippen LogP contribution in [0, 0.1) is 0 Å². The van der Waals surface area contributed by atoms with Crippen molar-refractivity contribution in [2.75, 3.05) is 20.8 Å². The lowest BCUT2D eigenvalue weighted by atomic mass is 10.1. The fourth-order valence-corrected chi connectivity index (χ4v) is 2.70. The van der Waals surface area contributed by atoms with Crippen LogP contribution in [-0.2, 0) is 17.9 Å². The second-order valence-corrected chi connectivity index (χ2v) is 5.71. The van der Waals surface area contributed by atoms with Gasteiger partial charge in [0.05, 0.1) is 25.3 Å². The molecule has 0 saturated carbocycles. The highest BCUT2D eigenvalue weighted by Gasteiger charge is 2.16. The summed E-state index contributed by atoms with van der Waals surface area (Å²) < 4.78 is 15.9. The Hall–Kier alpha value is -2.24. The Labute approximate surface area is 152 Å². The van der Waals surface area contributed by atoms with E-state index in [1.807, 2.05) is 31.2 Å². The lowest BCUT2D eigenvalue weighted by Crippen LogP contribution is -2.23. The SMILES string of the molecule is CCOc1c(Cl)cc(C(=O)NCc2ccccc2COC)cc1OC. The van der Waals surface area contributed by atoms with Gasteiger partial charge in [0, 0.05) is 19.2 Å². The van der Waals surface area contributed by atoms with Crippen LogP contribution in [0.3, 0.4) is 0 Å². The molecule has 25 heavy (non-hydrogen) atoms. The number of carbonyl (C=O) groups is 1. The molecule has 5 nitrogen and oxygen atoms in total. The molecule has 2 rings (SSSR count). The third kappa shape index (κ3) is 4.87. The Morgan fingerprint density at radius 2 is 1.88 bits per heavy atom. The number of hydrogen-bond donors (Lipinski definition) is 1. The van der Waals surface area contributed by atoms with Crippen LogP contribution >= 0.6 is 11.6 Å².